The number of amides is 1. The molecule has 0 saturated heterocycles. The summed E-state index contributed by atoms with van der Waals surface area (Å²) in [6, 6.07) is 17.5. The van der Waals surface area contributed by atoms with E-state index in [4.69, 9.17) is 8.94 Å². The van der Waals surface area contributed by atoms with Gasteiger partial charge in [0.1, 0.15) is 11.3 Å². The Kier molecular flexibility index (Phi) is 4.05. The average Bonchev–Trinajstić information content (AvgIpc) is 3.26. The fourth-order valence-electron chi connectivity index (χ4n) is 2.90. The number of carbonyl (C=O) groups excluding carboxylic acids is 1. The first kappa shape index (κ1) is 16.1. The van der Waals surface area contributed by atoms with Crippen molar-refractivity contribution in [3.8, 4) is 11.3 Å². The molecule has 4 aromatic rings. The third-order valence-corrected chi connectivity index (χ3v) is 4.38. The minimum absolute atomic E-state index is 0.244. The smallest absolute Gasteiger partial charge is 0.287 e. The van der Waals surface area contributed by atoms with Crippen LogP contribution >= 0.6 is 0 Å². The van der Waals surface area contributed by atoms with E-state index in [1.54, 1.807) is 0 Å². The van der Waals surface area contributed by atoms with Crippen molar-refractivity contribution in [2.75, 3.05) is 0 Å². The number of hydrogen-bond acceptors (Lipinski definition) is 4. The molecule has 2 aromatic heterocycles. The van der Waals surface area contributed by atoms with Crippen molar-refractivity contribution in [1.29, 1.82) is 0 Å². The number of benzene rings is 2. The third-order valence-electron chi connectivity index (χ3n) is 4.38. The molecule has 0 aliphatic carbocycles. The minimum atomic E-state index is -0.271. The van der Waals surface area contributed by atoms with E-state index in [0.29, 0.717) is 17.1 Å². The van der Waals surface area contributed by atoms with Crippen molar-refractivity contribution in [2.45, 2.75) is 20.4 Å². The molecule has 4 rings (SSSR count). The standard InChI is InChI=1S/C21H18N2O3/c1-13-7-9-15(10-8-13)18-11-16(26-23-18)12-22-21(24)20-14(2)17-5-3-4-6-19(17)25-20/h3-11H,12H2,1-2H3,(H,22,24). The van der Waals surface area contributed by atoms with Crippen LogP contribution in [-0.2, 0) is 6.54 Å². The molecule has 2 aromatic carbocycles. The van der Waals surface area contributed by atoms with Crippen LogP contribution in [0.3, 0.4) is 0 Å². The number of furan rings is 1. The number of aromatic nitrogens is 1. The summed E-state index contributed by atoms with van der Waals surface area (Å²) in [5.41, 5.74) is 4.44. The summed E-state index contributed by atoms with van der Waals surface area (Å²) in [7, 11) is 0. The molecule has 26 heavy (non-hydrogen) atoms. The second kappa shape index (κ2) is 6.52. The Morgan fingerprint density at radius 1 is 1.08 bits per heavy atom. The predicted molar refractivity (Wildman–Crippen MR) is 98.8 cm³/mol. The zero-order valence-electron chi connectivity index (χ0n) is 14.6. The SMILES string of the molecule is Cc1ccc(-c2cc(CNC(=O)c3oc4ccccc4c3C)on2)cc1. The van der Waals surface area contributed by atoms with Gasteiger partial charge >= 0.3 is 0 Å². The second-order valence-electron chi connectivity index (χ2n) is 6.28. The number of para-hydroxylation sites is 1. The Hall–Kier alpha value is -3.34. The lowest BCUT2D eigenvalue weighted by Crippen LogP contribution is -2.22. The van der Waals surface area contributed by atoms with E-state index >= 15 is 0 Å². The van der Waals surface area contributed by atoms with Crippen LogP contribution < -0.4 is 5.32 Å². The van der Waals surface area contributed by atoms with Crippen LogP contribution in [0.5, 0.6) is 0 Å². The largest absolute Gasteiger partial charge is 0.451 e. The summed E-state index contributed by atoms with van der Waals surface area (Å²) in [4.78, 5) is 12.5. The molecule has 5 heteroatoms. The maximum Gasteiger partial charge on any atom is 0.287 e. The van der Waals surface area contributed by atoms with Crippen molar-refractivity contribution < 1.29 is 13.7 Å². The number of fused-ring (bicyclic) bond motifs is 1. The second-order valence-corrected chi connectivity index (χ2v) is 6.28. The highest BCUT2D eigenvalue weighted by Gasteiger charge is 2.17. The highest BCUT2D eigenvalue weighted by molar-refractivity contribution is 5.98. The summed E-state index contributed by atoms with van der Waals surface area (Å²) in [5, 5.41) is 7.84. The summed E-state index contributed by atoms with van der Waals surface area (Å²) >= 11 is 0. The van der Waals surface area contributed by atoms with Gasteiger partial charge < -0.3 is 14.3 Å². The Bertz CT molecular complexity index is 1070. The first-order chi connectivity index (χ1) is 12.6. The number of aryl methyl sites for hydroxylation is 2. The first-order valence-electron chi connectivity index (χ1n) is 8.41. The zero-order valence-corrected chi connectivity index (χ0v) is 14.6. The van der Waals surface area contributed by atoms with Gasteiger partial charge in [0.15, 0.2) is 11.5 Å². The lowest BCUT2D eigenvalue weighted by atomic mass is 10.1. The van der Waals surface area contributed by atoms with Crippen LogP contribution in [0.4, 0.5) is 0 Å². The Morgan fingerprint density at radius 2 is 1.85 bits per heavy atom. The molecule has 0 fully saturated rings. The van der Waals surface area contributed by atoms with Gasteiger partial charge in [-0.1, -0.05) is 53.2 Å². The van der Waals surface area contributed by atoms with E-state index in [2.05, 4.69) is 10.5 Å². The highest BCUT2D eigenvalue weighted by Crippen LogP contribution is 2.25. The monoisotopic (exact) mass is 346 g/mol. The quantitative estimate of drug-likeness (QED) is 0.585. The lowest BCUT2D eigenvalue weighted by Gasteiger charge is -2.00. The first-order valence-corrected chi connectivity index (χ1v) is 8.41. The van der Waals surface area contributed by atoms with Gasteiger partial charge in [-0.2, -0.15) is 0 Å². The van der Waals surface area contributed by atoms with Gasteiger partial charge in [-0.3, -0.25) is 4.79 Å². The van der Waals surface area contributed by atoms with E-state index in [-0.39, 0.29) is 12.5 Å². The number of rotatable bonds is 4. The summed E-state index contributed by atoms with van der Waals surface area (Å²) < 4.78 is 11.0. The van der Waals surface area contributed by atoms with Crippen molar-refractivity contribution in [2.24, 2.45) is 0 Å². The number of carbonyl (C=O) groups is 1. The Labute approximate surface area is 150 Å². The molecule has 0 aliphatic heterocycles. The van der Waals surface area contributed by atoms with E-state index in [1.807, 2.05) is 68.4 Å². The van der Waals surface area contributed by atoms with Crippen molar-refractivity contribution in [3.05, 3.63) is 77.2 Å². The van der Waals surface area contributed by atoms with Crippen LogP contribution in [-0.4, -0.2) is 11.1 Å². The van der Waals surface area contributed by atoms with Crippen molar-refractivity contribution in [3.63, 3.8) is 0 Å². The van der Waals surface area contributed by atoms with Crippen LogP contribution in [0.15, 0.2) is 63.5 Å². The van der Waals surface area contributed by atoms with Gasteiger partial charge in [0.25, 0.3) is 5.91 Å². The molecule has 0 spiro atoms. The van der Waals surface area contributed by atoms with Gasteiger partial charge in [-0.25, -0.2) is 0 Å². The molecule has 0 atom stereocenters. The maximum atomic E-state index is 12.5. The molecule has 1 amide bonds. The van der Waals surface area contributed by atoms with E-state index in [9.17, 15) is 4.79 Å². The molecule has 0 aliphatic rings. The molecule has 0 saturated carbocycles. The van der Waals surface area contributed by atoms with Crippen LogP contribution in [0.1, 0.15) is 27.4 Å². The number of nitrogens with zero attached hydrogens (tertiary/aromatic N) is 1. The van der Waals surface area contributed by atoms with Crippen LogP contribution in [0, 0.1) is 13.8 Å². The summed E-state index contributed by atoms with van der Waals surface area (Å²) in [6.07, 6.45) is 0. The topological polar surface area (TPSA) is 68.3 Å². The van der Waals surface area contributed by atoms with Gasteiger partial charge in [-0.15, -0.1) is 0 Å². The molecular formula is C21H18N2O3. The van der Waals surface area contributed by atoms with Crippen molar-refractivity contribution >= 4 is 16.9 Å². The molecule has 0 unspecified atom stereocenters. The Balaban J connectivity index is 1.47. The number of nitrogens with one attached hydrogen (secondary N) is 1. The predicted octanol–water partition coefficient (Wildman–Crippen LogP) is 4.63. The molecule has 5 nitrogen and oxygen atoms in total. The van der Waals surface area contributed by atoms with E-state index in [0.717, 1.165) is 22.2 Å². The van der Waals surface area contributed by atoms with Crippen molar-refractivity contribution in [1.82, 2.24) is 10.5 Å². The molecule has 0 bridgehead atoms. The average molecular weight is 346 g/mol. The van der Waals surface area contributed by atoms with Crippen LogP contribution in [0.2, 0.25) is 0 Å². The molecule has 130 valence electrons. The molecular weight excluding hydrogens is 328 g/mol. The molecule has 0 radical (unpaired) electrons. The summed E-state index contributed by atoms with van der Waals surface area (Å²) in [6.45, 7) is 4.16. The van der Waals surface area contributed by atoms with E-state index in [1.165, 1.54) is 5.56 Å². The summed E-state index contributed by atoms with van der Waals surface area (Å²) in [5.74, 6) is 0.638. The van der Waals surface area contributed by atoms with E-state index < -0.39 is 0 Å². The zero-order chi connectivity index (χ0) is 18.1. The third kappa shape index (κ3) is 2.99. The molecule has 2 heterocycles. The normalized spacial score (nSPS) is 11.0. The Morgan fingerprint density at radius 3 is 2.62 bits per heavy atom. The van der Waals surface area contributed by atoms with Gasteiger partial charge in [0.05, 0.1) is 6.54 Å². The highest BCUT2D eigenvalue weighted by atomic mass is 16.5. The van der Waals surface area contributed by atoms with Gasteiger partial charge in [0.2, 0.25) is 0 Å². The maximum absolute atomic E-state index is 12.5. The molecule has 1 N–H and O–H groups in total. The van der Waals surface area contributed by atoms with Crippen LogP contribution in [0.25, 0.3) is 22.2 Å². The fourth-order valence-corrected chi connectivity index (χ4v) is 2.90. The fraction of sp³-hybridized carbons (Fsp3) is 0.143. The van der Waals surface area contributed by atoms with Gasteiger partial charge in [0, 0.05) is 22.6 Å². The lowest BCUT2D eigenvalue weighted by molar-refractivity contribution is 0.0920. The number of hydrogen-bond donors (Lipinski definition) is 1. The van der Waals surface area contributed by atoms with Gasteiger partial charge in [-0.05, 0) is 19.9 Å². The minimum Gasteiger partial charge on any atom is -0.451 e.